The standard InChI is InChI=1S/C22H17ClN4OS/c23-15-6-5-7-16(12-15)25-21(28)14-29-22-13-20(17-8-3-4-11-24-17)26-18-9-1-2-10-19(18)27-22/h1-12H,13-14H2,(H,25,28). The van der Waals surface area contributed by atoms with Gasteiger partial charge in [-0.25, -0.2) is 9.98 Å². The van der Waals surface area contributed by atoms with Crippen molar-refractivity contribution in [2.45, 2.75) is 6.42 Å². The molecule has 1 N–H and O–H groups in total. The van der Waals surface area contributed by atoms with Crippen LogP contribution in [-0.4, -0.2) is 27.4 Å². The molecule has 0 saturated heterocycles. The number of aromatic nitrogens is 1. The summed E-state index contributed by atoms with van der Waals surface area (Å²) >= 11 is 7.37. The number of thioether (sulfide) groups is 1. The molecule has 0 radical (unpaired) electrons. The van der Waals surface area contributed by atoms with Crippen LogP contribution in [0.4, 0.5) is 17.1 Å². The summed E-state index contributed by atoms with van der Waals surface area (Å²) in [5.41, 5.74) is 3.90. The van der Waals surface area contributed by atoms with Gasteiger partial charge in [-0.15, -0.1) is 11.8 Å². The minimum atomic E-state index is -0.117. The van der Waals surface area contributed by atoms with Crippen molar-refractivity contribution < 1.29 is 4.79 Å². The Bertz CT molecular complexity index is 1100. The first-order valence-corrected chi connectivity index (χ1v) is 10.4. The van der Waals surface area contributed by atoms with E-state index < -0.39 is 0 Å². The fraction of sp³-hybridized carbons (Fsp3) is 0.0909. The Morgan fingerprint density at radius 1 is 1.00 bits per heavy atom. The van der Waals surface area contributed by atoms with Gasteiger partial charge in [-0.05, 0) is 42.5 Å². The molecular weight excluding hydrogens is 404 g/mol. The highest BCUT2D eigenvalue weighted by Crippen LogP contribution is 2.33. The molecule has 144 valence electrons. The molecule has 0 unspecified atom stereocenters. The fourth-order valence-corrected chi connectivity index (χ4v) is 3.79. The first-order chi connectivity index (χ1) is 14.2. The lowest BCUT2D eigenvalue weighted by Gasteiger charge is -2.08. The third-order valence-electron chi connectivity index (χ3n) is 4.14. The summed E-state index contributed by atoms with van der Waals surface area (Å²) in [6.07, 6.45) is 2.26. The van der Waals surface area contributed by atoms with Gasteiger partial charge in [-0.1, -0.05) is 35.9 Å². The Kier molecular flexibility index (Phi) is 6.03. The summed E-state index contributed by atoms with van der Waals surface area (Å²) in [6.45, 7) is 0. The van der Waals surface area contributed by atoms with Gasteiger partial charge in [0.2, 0.25) is 5.91 Å². The van der Waals surface area contributed by atoms with Crippen molar-refractivity contribution >= 4 is 57.1 Å². The number of hydrogen-bond acceptors (Lipinski definition) is 5. The summed E-state index contributed by atoms with van der Waals surface area (Å²) in [7, 11) is 0. The van der Waals surface area contributed by atoms with Crippen LogP contribution in [0.2, 0.25) is 5.02 Å². The number of anilines is 1. The molecule has 1 aromatic heterocycles. The smallest absolute Gasteiger partial charge is 0.234 e. The summed E-state index contributed by atoms with van der Waals surface area (Å²) in [5.74, 6) is 0.122. The maximum absolute atomic E-state index is 12.4. The summed E-state index contributed by atoms with van der Waals surface area (Å²) in [4.78, 5) is 26.3. The zero-order valence-electron chi connectivity index (χ0n) is 15.4. The third-order valence-corrected chi connectivity index (χ3v) is 5.35. The van der Waals surface area contributed by atoms with Gasteiger partial charge in [0, 0.05) is 23.3 Å². The summed E-state index contributed by atoms with van der Waals surface area (Å²) < 4.78 is 0. The molecule has 0 spiro atoms. The van der Waals surface area contributed by atoms with Gasteiger partial charge in [-0.2, -0.15) is 0 Å². The van der Waals surface area contributed by atoms with Crippen LogP contribution in [0.3, 0.4) is 0 Å². The third kappa shape index (κ3) is 5.10. The Labute approximate surface area is 178 Å². The maximum atomic E-state index is 12.4. The molecule has 29 heavy (non-hydrogen) atoms. The molecule has 2 heterocycles. The monoisotopic (exact) mass is 420 g/mol. The Balaban J connectivity index is 1.51. The number of aliphatic imine (C=N–C) groups is 2. The van der Waals surface area contributed by atoms with E-state index in [0.29, 0.717) is 17.1 Å². The van der Waals surface area contributed by atoms with Gasteiger partial charge in [0.15, 0.2) is 0 Å². The molecule has 0 fully saturated rings. The van der Waals surface area contributed by atoms with Crippen LogP contribution < -0.4 is 5.32 Å². The van der Waals surface area contributed by atoms with Crippen molar-refractivity contribution in [2.24, 2.45) is 9.98 Å². The second-order valence-corrected chi connectivity index (χ2v) is 7.78. The number of nitrogens with one attached hydrogen (secondary N) is 1. The molecule has 0 saturated carbocycles. The van der Waals surface area contributed by atoms with E-state index in [1.807, 2.05) is 42.5 Å². The lowest BCUT2D eigenvalue weighted by atomic mass is 10.2. The molecule has 7 heteroatoms. The first kappa shape index (κ1) is 19.4. The maximum Gasteiger partial charge on any atom is 0.234 e. The van der Waals surface area contributed by atoms with Crippen LogP contribution in [0.5, 0.6) is 0 Å². The molecular formula is C22H17ClN4OS. The van der Waals surface area contributed by atoms with E-state index in [1.165, 1.54) is 11.8 Å². The number of carbonyl (C=O) groups excluding carboxylic acids is 1. The summed E-state index contributed by atoms with van der Waals surface area (Å²) in [6, 6.07) is 20.5. The van der Waals surface area contributed by atoms with Gasteiger partial charge in [0.25, 0.3) is 0 Å². The number of benzene rings is 2. The first-order valence-electron chi connectivity index (χ1n) is 9.01. The van der Waals surface area contributed by atoms with E-state index in [1.54, 1.807) is 30.5 Å². The molecule has 0 atom stereocenters. The number of para-hydroxylation sites is 2. The second-order valence-electron chi connectivity index (χ2n) is 6.29. The Hall–Kier alpha value is -2.96. The molecule has 1 amide bonds. The molecule has 0 bridgehead atoms. The van der Waals surface area contributed by atoms with E-state index in [-0.39, 0.29) is 11.7 Å². The number of rotatable bonds is 4. The van der Waals surface area contributed by atoms with Gasteiger partial charge >= 0.3 is 0 Å². The van der Waals surface area contributed by atoms with Gasteiger partial charge in [-0.3, -0.25) is 9.78 Å². The second kappa shape index (κ2) is 9.03. The number of carbonyl (C=O) groups is 1. The quantitative estimate of drug-likeness (QED) is 0.592. The molecule has 4 rings (SSSR count). The number of pyridine rings is 1. The topological polar surface area (TPSA) is 66.7 Å². The Morgan fingerprint density at radius 2 is 1.79 bits per heavy atom. The molecule has 5 nitrogen and oxygen atoms in total. The minimum Gasteiger partial charge on any atom is -0.325 e. The average molecular weight is 421 g/mol. The van der Waals surface area contributed by atoms with E-state index in [0.717, 1.165) is 27.8 Å². The predicted molar refractivity (Wildman–Crippen MR) is 121 cm³/mol. The van der Waals surface area contributed by atoms with Gasteiger partial charge in [0.1, 0.15) is 0 Å². The molecule has 1 aliphatic heterocycles. The van der Waals surface area contributed by atoms with Gasteiger partial charge < -0.3 is 5.32 Å². The molecule has 2 aromatic carbocycles. The zero-order valence-corrected chi connectivity index (χ0v) is 17.0. The number of nitrogens with zero attached hydrogens (tertiary/aromatic N) is 3. The largest absolute Gasteiger partial charge is 0.325 e. The minimum absolute atomic E-state index is 0.117. The number of hydrogen-bond donors (Lipinski definition) is 1. The zero-order chi connectivity index (χ0) is 20.1. The van der Waals surface area contributed by atoms with Crippen LogP contribution in [0.25, 0.3) is 0 Å². The van der Waals surface area contributed by atoms with E-state index >= 15 is 0 Å². The van der Waals surface area contributed by atoms with E-state index in [9.17, 15) is 4.79 Å². The van der Waals surface area contributed by atoms with Crippen molar-refractivity contribution in [1.82, 2.24) is 4.98 Å². The lowest BCUT2D eigenvalue weighted by Crippen LogP contribution is -2.16. The molecule has 3 aromatic rings. The highest BCUT2D eigenvalue weighted by molar-refractivity contribution is 8.14. The van der Waals surface area contributed by atoms with E-state index in [4.69, 9.17) is 21.6 Å². The summed E-state index contributed by atoms with van der Waals surface area (Å²) in [5, 5.41) is 4.26. The highest BCUT2D eigenvalue weighted by atomic mass is 35.5. The van der Waals surface area contributed by atoms with Crippen molar-refractivity contribution in [2.75, 3.05) is 11.1 Å². The van der Waals surface area contributed by atoms with Crippen LogP contribution in [-0.2, 0) is 4.79 Å². The van der Waals surface area contributed by atoms with Crippen molar-refractivity contribution in [1.29, 1.82) is 0 Å². The fourth-order valence-electron chi connectivity index (χ4n) is 2.83. The normalized spacial score (nSPS) is 13.0. The van der Waals surface area contributed by atoms with Crippen molar-refractivity contribution in [3.8, 4) is 0 Å². The lowest BCUT2D eigenvalue weighted by molar-refractivity contribution is -0.113. The van der Waals surface area contributed by atoms with Crippen LogP contribution in [0, 0.1) is 0 Å². The number of halogens is 1. The van der Waals surface area contributed by atoms with Gasteiger partial charge in [0.05, 0.1) is 33.6 Å². The Morgan fingerprint density at radius 3 is 2.55 bits per heavy atom. The number of amides is 1. The molecule has 0 aliphatic carbocycles. The van der Waals surface area contributed by atoms with E-state index in [2.05, 4.69) is 10.3 Å². The van der Waals surface area contributed by atoms with Crippen LogP contribution in [0.1, 0.15) is 12.1 Å². The van der Waals surface area contributed by atoms with Crippen LogP contribution >= 0.6 is 23.4 Å². The predicted octanol–water partition coefficient (Wildman–Crippen LogP) is 5.66. The van der Waals surface area contributed by atoms with Crippen molar-refractivity contribution in [3.05, 3.63) is 83.6 Å². The SMILES string of the molecule is O=C(CSC1=Nc2ccccc2N=C(c2ccccn2)C1)Nc1cccc(Cl)c1. The average Bonchev–Trinajstić information content (AvgIpc) is 2.92. The molecule has 1 aliphatic rings. The number of fused-ring (bicyclic) bond motifs is 1. The van der Waals surface area contributed by atoms with Crippen molar-refractivity contribution in [3.63, 3.8) is 0 Å². The highest BCUT2D eigenvalue weighted by Gasteiger charge is 2.17. The van der Waals surface area contributed by atoms with Crippen LogP contribution in [0.15, 0.2) is 82.9 Å².